The van der Waals surface area contributed by atoms with Crippen LogP contribution in [0, 0.1) is 5.41 Å². The highest BCUT2D eigenvalue weighted by Crippen LogP contribution is 2.29. The van der Waals surface area contributed by atoms with E-state index in [1.165, 1.54) is 0 Å². The number of aliphatic hydroxyl groups is 1. The van der Waals surface area contributed by atoms with Crippen LogP contribution in [0.1, 0.15) is 19.4 Å². The highest BCUT2D eigenvalue weighted by molar-refractivity contribution is 9.10. The van der Waals surface area contributed by atoms with Crippen LogP contribution in [0.15, 0.2) is 30.3 Å². The number of benzene rings is 1. The Bertz CT molecular complexity index is 463. The number of hydrogen-bond donors (Lipinski definition) is 1. The van der Waals surface area contributed by atoms with Crippen LogP contribution in [0.4, 0.5) is 0 Å². The number of rotatable bonds is 4. The molecule has 2 rings (SSSR count). The van der Waals surface area contributed by atoms with Crippen LogP contribution in [0.5, 0.6) is 0 Å². The molecule has 1 saturated heterocycles. The van der Waals surface area contributed by atoms with Crippen LogP contribution < -0.4 is 0 Å². The van der Waals surface area contributed by atoms with E-state index in [0.717, 1.165) is 5.56 Å². The Hall–Kier alpha value is -0.750. The number of likely N-dealkylation sites (tertiary alicyclic amines) is 1. The molecule has 1 fully saturated rings. The van der Waals surface area contributed by atoms with Gasteiger partial charge in [0.2, 0.25) is 6.41 Å². The fourth-order valence-electron chi connectivity index (χ4n) is 2.38. The molecule has 0 saturated carbocycles. The number of alkyl halides is 1. The van der Waals surface area contributed by atoms with Gasteiger partial charge in [-0.15, -0.1) is 0 Å². The normalized spacial score (nSPS) is 24.6. The number of Topliss-reactive ketones (excluding diaryl/α,β-unsaturated/α-hetero) is 1. The van der Waals surface area contributed by atoms with Gasteiger partial charge in [-0.25, -0.2) is 0 Å². The van der Waals surface area contributed by atoms with Crippen LogP contribution in [0.2, 0.25) is 0 Å². The standard InChI is InChI=1S/C15H20BrNO3/c1-15(2)10-17(8-12(16)13(15)18)14(19)20-9-11-6-4-3-5-7-11/h3-7,12,14,19H,8-10H2,1-2H3. The van der Waals surface area contributed by atoms with E-state index in [2.05, 4.69) is 15.9 Å². The smallest absolute Gasteiger partial charge is 0.216 e. The van der Waals surface area contributed by atoms with E-state index in [9.17, 15) is 9.90 Å². The van der Waals surface area contributed by atoms with Crippen molar-refractivity contribution < 1.29 is 14.6 Å². The molecule has 0 aliphatic carbocycles. The van der Waals surface area contributed by atoms with Crippen molar-refractivity contribution >= 4 is 21.7 Å². The molecular formula is C15H20BrNO3. The summed E-state index contributed by atoms with van der Waals surface area (Å²) in [6, 6.07) is 9.70. The Kier molecular flexibility index (Phi) is 4.96. The van der Waals surface area contributed by atoms with Crippen LogP contribution in [-0.4, -0.2) is 40.1 Å². The van der Waals surface area contributed by atoms with Crippen molar-refractivity contribution in [2.24, 2.45) is 5.41 Å². The van der Waals surface area contributed by atoms with Gasteiger partial charge in [-0.05, 0) is 5.56 Å². The lowest BCUT2D eigenvalue weighted by atomic mass is 9.83. The molecule has 2 atom stereocenters. The summed E-state index contributed by atoms with van der Waals surface area (Å²) < 4.78 is 5.49. The van der Waals surface area contributed by atoms with Crippen molar-refractivity contribution in [2.45, 2.75) is 31.7 Å². The molecule has 110 valence electrons. The number of ether oxygens (including phenoxy) is 1. The Morgan fingerprint density at radius 2 is 2.10 bits per heavy atom. The minimum absolute atomic E-state index is 0.170. The molecule has 0 amide bonds. The average Bonchev–Trinajstić information content (AvgIpc) is 2.42. The molecule has 0 bridgehead atoms. The van der Waals surface area contributed by atoms with E-state index in [1.54, 1.807) is 4.90 Å². The quantitative estimate of drug-likeness (QED) is 0.673. The molecule has 1 heterocycles. The summed E-state index contributed by atoms with van der Waals surface area (Å²) in [5.74, 6) is 0.170. The van der Waals surface area contributed by atoms with Gasteiger partial charge in [0.05, 0.1) is 11.4 Å². The van der Waals surface area contributed by atoms with Gasteiger partial charge in [0.25, 0.3) is 0 Å². The highest BCUT2D eigenvalue weighted by atomic mass is 79.9. The molecule has 0 aromatic heterocycles. The third-order valence-corrected chi connectivity index (χ3v) is 4.20. The fourth-order valence-corrected chi connectivity index (χ4v) is 3.37. The summed E-state index contributed by atoms with van der Waals surface area (Å²) in [5.41, 5.74) is 0.526. The van der Waals surface area contributed by atoms with E-state index in [1.807, 2.05) is 44.2 Å². The van der Waals surface area contributed by atoms with Crippen LogP contribution in [0.3, 0.4) is 0 Å². The Morgan fingerprint density at radius 3 is 2.70 bits per heavy atom. The average molecular weight is 342 g/mol. The van der Waals surface area contributed by atoms with Crippen LogP contribution >= 0.6 is 15.9 Å². The zero-order valence-electron chi connectivity index (χ0n) is 11.8. The largest absolute Gasteiger partial charge is 0.356 e. The number of aliphatic hydroxyl groups excluding tert-OH is 1. The summed E-state index contributed by atoms with van der Waals surface area (Å²) in [4.78, 5) is 13.5. The summed E-state index contributed by atoms with van der Waals surface area (Å²) >= 11 is 3.38. The number of hydrogen-bond acceptors (Lipinski definition) is 4. The Balaban J connectivity index is 1.92. The summed E-state index contributed by atoms with van der Waals surface area (Å²) in [6.07, 6.45) is -0.998. The van der Waals surface area contributed by atoms with E-state index in [-0.39, 0.29) is 10.6 Å². The minimum Gasteiger partial charge on any atom is -0.356 e. The molecular weight excluding hydrogens is 322 g/mol. The van der Waals surface area contributed by atoms with Gasteiger partial charge >= 0.3 is 0 Å². The van der Waals surface area contributed by atoms with Gasteiger partial charge in [-0.3, -0.25) is 9.69 Å². The first kappa shape index (κ1) is 15.6. The lowest BCUT2D eigenvalue weighted by molar-refractivity contribution is -0.210. The maximum absolute atomic E-state index is 12.0. The number of carbonyl (C=O) groups excluding carboxylic acids is 1. The lowest BCUT2D eigenvalue weighted by Crippen LogP contribution is -2.55. The van der Waals surface area contributed by atoms with Gasteiger partial charge in [0.15, 0.2) is 5.78 Å². The zero-order valence-corrected chi connectivity index (χ0v) is 13.3. The van der Waals surface area contributed by atoms with E-state index < -0.39 is 11.8 Å². The highest BCUT2D eigenvalue weighted by Gasteiger charge is 2.41. The lowest BCUT2D eigenvalue weighted by Gasteiger charge is -2.41. The Labute approximate surface area is 127 Å². The van der Waals surface area contributed by atoms with E-state index in [0.29, 0.717) is 19.7 Å². The molecule has 4 nitrogen and oxygen atoms in total. The van der Waals surface area contributed by atoms with Crippen LogP contribution in [-0.2, 0) is 16.1 Å². The molecule has 1 aliphatic rings. The van der Waals surface area contributed by atoms with E-state index in [4.69, 9.17) is 4.74 Å². The molecule has 1 aliphatic heterocycles. The maximum Gasteiger partial charge on any atom is 0.216 e. The first-order valence-electron chi connectivity index (χ1n) is 6.66. The fraction of sp³-hybridized carbons (Fsp3) is 0.533. The third kappa shape index (κ3) is 3.67. The van der Waals surface area contributed by atoms with Crippen molar-refractivity contribution in [3.8, 4) is 0 Å². The Morgan fingerprint density at radius 1 is 1.45 bits per heavy atom. The van der Waals surface area contributed by atoms with Gasteiger partial charge in [0.1, 0.15) is 0 Å². The molecule has 5 heteroatoms. The summed E-state index contributed by atoms with van der Waals surface area (Å²) in [6.45, 7) is 5.07. The predicted molar refractivity (Wildman–Crippen MR) is 80.3 cm³/mol. The third-order valence-electron chi connectivity index (χ3n) is 3.50. The second-order valence-corrected chi connectivity index (χ2v) is 6.87. The minimum atomic E-state index is -0.998. The van der Waals surface area contributed by atoms with Crippen LogP contribution in [0.25, 0.3) is 0 Å². The van der Waals surface area contributed by atoms with Gasteiger partial charge in [0, 0.05) is 18.5 Å². The van der Waals surface area contributed by atoms with Gasteiger partial charge in [-0.1, -0.05) is 60.1 Å². The topological polar surface area (TPSA) is 49.8 Å². The summed E-state index contributed by atoms with van der Waals surface area (Å²) in [7, 11) is 0. The first-order valence-corrected chi connectivity index (χ1v) is 7.58. The molecule has 1 aromatic rings. The van der Waals surface area contributed by atoms with Crippen molar-refractivity contribution in [1.29, 1.82) is 0 Å². The monoisotopic (exact) mass is 341 g/mol. The predicted octanol–water partition coefficient (Wildman–Crippen LogP) is 2.15. The SMILES string of the molecule is CC1(C)CN(C(O)OCc2ccccc2)CC(Br)C1=O. The number of ketones is 1. The maximum atomic E-state index is 12.0. The molecule has 2 unspecified atom stereocenters. The number of halogens is 1. The van der Waals surface area contributed by atoms with Crippen molar-refractivity contribution in [3.63, 3.8) is 0 Å². The molecule has 20 heavy (non-hydrogen) atoms. The number of nitrogens with zero attached hydrogens (tertiary/aromatic N) is 1. The summed E-state index contributed by atoms with van der Waals surface area (Å²) in [5, 5.41) is 10.1. The van der Waals surface area contributed by atoms with Crippen molar-refractivity contribution in [1.82, 2.24) is 4.90 Å². The number of carbonyl (C=O) groups is 1. The van der Waals surface area contributed by atoms with Crippen molar-refractivity contribution in [3.05, 3.63) is 35.9 Å². The second-order valence-electron chi connectivity index (χ2n) is 5.77. The zero-order chi connectivity index (χ0) is 14.8. The number of piperidine rings is 1. The van der Waals surface area contributed by atoms with E-state index >= 15 is 0 Å². The molecule has 0 radical (unpaired) electrons. The second kappa shape index (κ2) is 6.35. The molecule has 0 spiro atoms. The molecule has 1 N–H and O–H groups in total. The van der Waals surface area contributed by atoms with Crippen molar-refractivity contribution in [2.75, 3.05) is 13.1 Å². The van der Waals surface area contributed by atoms with Gasteiger partial charge < -0.3 is 9.84 Å². The van der Waals surface area contributed by atoms with Gasteiger partial charge in [-0.2, -0.15) is 0 Å². The first-order chi connectivity index (χ1) is 9.40. The molecule has 1 aromatic carbocycles.